The van der Waals surface area contributed by atoms with Crippen molar-refractivity contribution < 1.29 is 9.53 Å². The van der Waals surface area contributed by atoms with Crippen LogP contribution in [0.25, 0.3) is 0 Å². The molecule has 3 rings (SSSR count). The molecular formula is C21H27N3O2. The van der Waals surface area contributed by atoms with E-state index in [9.17, 15) is 4.79 Å². The standard InChI is InChI=1S/C21H27N3O2/c1-26-19-12-10-17(11-13-19)20(24-14-6-3-7-15-24)16-22-21(25)23-18-8-4-2-5-9-18/h2,4-5,8-13,20H,3,6-7,14-16H2,1H3,(H2,22,23,25). The molecule has 1 fully saturated rings. The van der Waals surface area contributed by atoms with Crippen molar-refractivity contribution in [2.45, 2.75) is 25.3 Å². The van der Waals surface area contributed by atoms with Crippen LogP contribution in [0.2, 0.25) is 0 Å². The van der Waals surface area contributed by atoms with Crippen LogP contribution in [0.3, 0.4) is 0 Å². The second-order valence-electron chi connectivity index (χ2n) is 6.59. The number of carbonyl (C=O) groups is 1. The second-order valence-corrected chi connectivity index (χ2v) is 6.59. The van der Waals surface area contributed by atoms with Gasteiger partial charge < -0.3 is 15.4 Å². The fourth-order valence-corrected chi connectivity index (χ4v) is 3.40. The molecule has 2 N–H and O–H groups in total. The number of rotatable bonds is 6. The SMILES string of the molecule is COc1ccc(C(CNC(=O)Nc2ccccc2)N2CCCCC2)cc1. The molecule has 0 bridgehead atoms. The number of likely N-dealkylation sites (tertiary alicyclic amines) is 1. The number of amides is 2. The summed E-state index contributed by atoms with van der Waals surface area (Å²) in [5, 5.41) is 5.91. The van der Waals surface area contributed by atoms with Crippen molar-refractivity contribution in [1.82, 2.24) is 10.2 Å². The molecule has 1 heterocycles. The van der Waals surface area contributed by atoms with Gasteiger partial charge in [0.2, 0.25) is 0 Å². The molecule has 5 nitrogen and oxygen atoms in total. The Hall–Kier alpha value is -2.53. The molecule has 1 saturated heterocycles. The van der Waals surface area contributed by atoms with Gasteiger partial charge in [0.15, 0.2) is 0 Å². The Morgan fingerprint density at radius 3 is 2.38 bits per heavy atom. The highest BCUT2D eigenvalue weighted by Gasteiger charge is 2.23. The van der Waals surface area contributed by atoms with Crippen LogP contribution in [0, 0.1) is 0 Å². The van der Waals surface area contributed by atoms with Crippen LogP contribution in [0.15, 0.2) is 54.6 Å². The van der Waals surface area contributed by atoms with Crippen molar-refractivity contribution in [2.75, 3.05) is 32.1 Å². The normalized spacial score (nSPS) is 15.9. The highest BCUT2D eigenvalue weighted by atomic mass is 16.5. The average Bonchev–Trinajstić information content (AvgIpc) is 2.70. The topological polar surface area (TPSA) is 53.6 Å². The number of para-hydroxylation sites is 1. The number of hydrogen-bond donors (Lipinski definition) is 2. The first kappa shape index (κ1) is 18.3. The van der Waals surface area contributed by atoms with Crippen LogP contribution >= 0.6 is 0 Å². The van der Waals surface area contributed by atoms with E-state index in [1.807, 2.05) is 42.5 Å². The van der Waals surface area contributed by atoms with Crippen molar-refractivity contribution in [3.05, 3.63) is 60.2 Å². The molecule has 1 atom stereocenters. The van der Waals surface area contributed by atoms with Gasteiger partial charge in [0.05, 0.1) is 13.2 Å². The van der Waals surface area contributed by atoms with Crippen LogP contribution in [-0.4, -0.2) is 37.7 Å². The number of piperidine rings is 1. The van der Waals surface area contributed by atoms with Gasteiger partial charge in [-0.25, -0.2) is 4.79 Å². The molecule has 2 aromatic rings. The van der Waals surface area contributed by atoms with Gasteiger partial charge in [-0.1, -0.05) is 36.8 Å². The number of anilines is 1. The Balaban J connectivity index is 1.65. The molecule has 0 spiro atoms. The molecule has 0 saturated carbocycles. The van der Waals surface area contributed by atoms with E-state index in [2.05, 4.69) is 27.7 Å². The molecule has 1 unspecified atom stereocenters. The van der Waals surface area contributed by atoms with Gasteiger partial charge >= 0.3 is 6.03 Å². The molecule has 2 aromatic carbocycles. The summed E-state index contributed by atoms with van der Waals surface area (Å²) >= 11 is 0. The third kappa shape index (κ3) is 4.99. The van der Waals surface area contributed by atoms with E-state index in [1.54, 1.807) is 7.11 Å². The summed E-state index contributed by atoms with van der Waals surface area (Å²) in [5.41, 5.74) is 2.00. The molecule has 0 aliphatic carbocycles. The van der Waals surface area contributed by atoms with Gasteiger partial charge in [-0.3, -0.25) is 4.90 Å². The first-order valence-electron chi connectivity index (χ1n) is 9.24. The molecule has 2 amide bonds. The van der Waals surface area contributed by atoms with Gasteiger partial charge in [0.25, 0.3) is 0 Å². The smallest absolute Gasteiger partial charge is 0.319 e. The van der Waals surface area contributed by atoms with E-state index in [1.165, 1.54) is 24.8 Å². The molecular weight excluding hydrogens is 326 g/mol. The predicted molar refractivity (Wildman–Crippen MR) is 105 cm³/mol. The highest BCUT2D eigenvalue weighted by molar-refractivity contribution is 5.89. The first-order chi connectivity index (χ1) is 12.8. The Kier molecular flexibility index (Phi) is 6.50. The molecule has 5 heteroatoms. The van der Waals surface area contributed by atoms with Crippen LogP contribution in [0.1, 0.15) is 30.9 Å². The number of nitrogens with one attached hydrogen (secondary N) is 2. The summed E-state index contributed by atoms with van der Waals surface area (Å²) in [4.78, 5) is 14.7. The zero-order chi connectivity index (χ0) is 18.2. The maximum absolute atomic E-state index is 12.3. The second kappa shape index (κ2) is 9.25. The fraction of sp³-hybridized carbons (Fsp3) is 0.381. The lowest BCUT2D eigenvalue weighted by atomic mass is 10.0. The summed E-state index contributed by atoms with van der Waals surface area (Å²) in [6.07, 6.45) is 3.71. The molecule has 0 radical (unpaired) electrons. The zero-order valence-electron chi connectivity index (χ0n) is 15.3. The monoisotopic (exact) mass is 353 g/mol. The van der Waals surface area contributed by atoms with E-state index in [0.717, 1.165) is 24.5 Å². The van der Waals surface area contributed by atoms with Crippen molar-refractivity contribution in [1.29, 1.82) is 0 Å². The molecule has 1 aliphatic rings. The summed E-state index contributed by atoms with van der Waals surface area (Å²) < 4.78 is 5.27. The van der Waals surface area contributed by atoms with Crippen molar-refractivity contribution in [2.24, 2.45) is 0 Å². The summed E-state index contributed by atoms with van der Waals surface area (Å²) in [5.74, 6) is 0.848. The molecule has 1 aliphatic heterocycles. The Morgan fingerprint density at radius 2 is 1.73 bits per heavy atom. The molecule has 26 heavy (non-hydrogen) atoms. The first-order valence-corrected chi connectivity index (χ1v) is 9.24. The Bertz CT molecular complexity index is 682. The van der Waals surface area contributed by atoms with Crippen LogP contribution in [0.5, 0.6) is 5.75 Å². The largest absolute Gasteiger partial charge is 0.497 e. The number of nitrogens with zero attached hydrogens (tertiary/aromatic N) is 1. The summed E-state index contributed by atoms with van der Waals surface area (Å²) in [6.45, 7) is 2.71. The van der Waals surface area contributed by atoms with E-state index in [-0.39, 0.29) is 12.1 Å². The minimum absolute atomic E-state index is 0.169. The van der Waals surface area contributed by atoms with Gasteiger partial charge in [-0.15, -0.1) is 0 Å². The predicted octanol–water partition coefficient (Wildman–Crippen LogP) is 4.04. The summed E-state index contributed by atoms with van der Waals surface area (Å²) in [7, 11) is 1.67. The maximum atomic E-state index is 12.3. The minimum Gasteiger partial charge on any atom is -0.497 e. The van der Waals surface area contributed by atoms with E-state index in [0.29, 0.717) is 6.54 Å². The van der Waals surface area contributed by atoms with E-state index < -0.39 is 0 Å². The quantitative estimate of drug-likeness (QED) is 0.824. The third-order valence-electron chi connectivity index (χ3n) is 4.82. The van der Waals surface area contributed by atoms with Crippen LogP contribution in [-0.2, 0) is 0 Å². The average molecular weight is 353 g/mol. The lowest BCUT2D eigenvalue weighted by Crippen LogP contribution is -2.41. The molecule has 138 valence electrons. The fourth-order valence-electron chi connectivity index (χ4n) is 3.40. The van der Waals surface area contributed by atoms with Crippen molar-refractivity contribution in [3.8, 4) is 5.75 Å². The lowest BCUT2D eigenvalue weighted by Gasteiger charge is -2.35. The van der Waals surface area contributed by atoms with Crippen LogP contribution < -0.4 is 15.4 Å². The number of urea groups is 1. The van der Waals surface area contributed by atoms with Crippen molar-refractivity contribution >= 4 is 11.7 Å². The number of benzene rings is 2. The Morgan fingerprint density at radius 1 is 1.04 bits per heavy atom. The zero-order valence-corrected chi connectivity index (χ0v) is 15.3. The van der Waals surface area contributed by atoms with Gasteiger partial charge in [-0.05, 0) is 55.8 Å². The molecule has 0 aromatic heterocycles. The Labute approximate surface area is 155 Å². The number of carbonyl (C=O) groups excluding carboxylic acids is 1. The summed E-state index contributed by atoms with van der Waals surface area (Å²) in [6, 6.07) is 17.6. The van der Waals surface area contributed by atoms with Crippen LogP contribution in [0.4, 0.5) is 10.5 Å². The maximum Gasteiger partial charge on any atom is 0.319 e. The van der Waals surface area contributed by atoms with Gasteiger partial charge in [-0.2, -0.15) is 0 Å². The third-order valence-corrected chi connectivity index (χ3v) is 4.82. The minimum atomic E-state index is -0.174. The van der Waals surface area contributed by atoms with E-state index >= 15 is 0 Å². The van der Waals surface area contributed by atoms with E-state index in [4.69, 9.17) is 4.74 Å². The lowest BCUT2D eigenvalue weighted by molar-refractivity contribution is 0.161. The number of ether oxygens (including phenoxy) is 1. The van der Waals surface area contributed by atoms with Gasteiger partial charge in [0, 0.05) is 12.2 Å². The highest BCUT2D eigenvalue weighted by Crippen LogP contribution is 2.25. The van der Waals surface area contributed by atoms with Crippen molar-refractivity contribution in [3.63, 3.8) is 0 Å². The number of methoxy groups -OCH3 is 1. The number of hydrogen-bond acceptors (Lipinski definition) is 3. The van der Waals surface area contributed by atoms with Gasteiger partial charge in [0.1, 0.15) is 5.75 Å².